The van der Waals surface area contributed by atoms with Gasteiger partial charge in [0.05, 0.1) is 0 Å². The zero-order valence-corrected chi connectivity index (χ0v) is 18.0. The first kappa shape index (κ1) is 24.1. The molecule has 36 heavy (non-hydrogen) atoms. The Morgan fingerprint density at radius 3 is 1.03 bits per heavy atom. The van der Waals surface area contributed by atoms with E-state index in [0.29, 0.717) is 24.3 Å². The first-order valence-corrected chi connectivity index (χ1v) is 10.3. The summed E-state index contributed by atoms with van der Waals surface area (Å²) in [6.45, 7) is 0. The summed E-state index contributed by atoms with van der Waals surface area (Å²) in [7, 11) is 0. The topological polar surface area (TPSA) is 202 Å². The van der Waals surface area contributed by atoms with Crippen LogP contribution in [0.4, 0.5) is 0 Å². The van der Waals surface area contributed by atoms with Gasteiger partial charge in [-0.25, -0.2) is 9.59 Å². The molecular weight excluding hydrogens is 488 g/mol. The summed E-state index contributed by atoms with van der Waals surface area (Å²) in [5, 5.41) is 0.102. The number of imide groups is 4. The van der Waals surface area contributed by atoms with Crippen molar-refractivity contribution in [1.82, 2.24) is 19.9 Å². The second kappa shape index (κ2) is 8.97. The average Bonchev–Trinajstić information content (AvgIpc) is 3.53. The van der Waals surface area contributed by atoms with Crippen molar-refractivity contribution in [3.63, 3.8) is 0 Å². The molecule has 0 radical (unpaired) electrons. The molecule has 0 saturated carbocycles. The number of nitrogens with zero attached hydrogens (tertiary/aromatic N) is 4. The van der Waals surface area contributed by atoms with Crippen molar-refractivity contribution in [1.29, 1.82) is 0 Å². The summed E-state index contributed by atoms with van der Waals surface area (Å²) in [6.07, 6.45) is 1.53. The van der Waals surface area contributed by atoms with Gasteiger partial charge in [0, 0.05) is 50.0 Å². The molecule has 0 aromatic heterocycles. The van der Waals surface area contributed by atoms with Crippen LogP contribution in [0.2, 0.25) is 0 Å². The van der Waals surface area contributed by atoms with E-state index in [0.717, 1.165) is 0 Å². The molecule has 16 nitrogen and oxygen atoms in total. The van der Waals surface area contributed by atoms with E-state index in [-0.39, 0.29) is 45.6 Å². The Balaban J connectivity index is 1.76. The summed E-state index contributed by atoms with van der Waals surface area (Å²) >= 11 is 0. The van der Waals surface area contributed by atoms with Gasteiger partial charge in [0.25, 0.3) is 47.3 Å². The molecule has 2 fully saturated rings. The van der Waals surface area contributed by atoms with Gasteiger partial charge in [0.2, 0.25) is 0 Å². The van der Waals surface area contributed by atoms with Crippen molar-refractivity contribution in [2.45, 2.75) is 37.8 Å². The average molecular weight is 502 g/mol. The van der Waals surface area contributed by atoms with Crippen LogP contribution in [0.25, 0.3) is 0 Å². The van der Waals surface area contributed by atoms with Crippen LogP contribution in [0.15, 0.2) is 24.3 Å². The lowest BCUT2D eigenvalue weighted by molar-refractivity contribution is -0.210. The van der Waals surface area contributed by atoms with Crippen LogP contribution in [-0.4, -0.2) is 91.2 Å². The van der Waals surface area contributed by atoms with Crippen LogP contribution in [0.5, 0.6) is 0 Å². The molecule has 0 bridgehead atoms. The normalized spacial score (nSPS) is 21.4. The highest BCUT2D eigenvalue weighted by Gasteiger charge is 2.54. The number of carbonyl (C=O) groups excluding carboxylic acids is 10. The van der Waals surface area contributed by atoms with Gasteiger partial charge < -0.3 is 9.68 Å². The Kier molecular flexibility index (Phi) is 6.01. The predicted octanol–water partition coefficient (Wildman–Crippen LogP) is -3.21. The zero-order chi connectivity index (χ0) is 26.3. The largest absolute Gasteiger partial charge is 0.358 e. The first-order chi connectivity index (χ1) is 17.0. The fraction of sp³-hybridized carbons (Fsp3) is 0.300. The maximum absolute atomic E-state index is 13.2. The fourth-order valence-electron chi connectivity index (χ4n) is 3.73. The third-order valence-electron chi connectivity index (χ3n) is 5.40. The van der Waals surface area contributed by atoms with Crippen molar-refractivity contribution < 1.29 is 57.6 Å². The van der Waals surface area contributed by atoms with E-state index in [2.05, 4.69) is 0 Å². The second-order valence-electron chi connectivity index (χ2n) is 7.63. The molecule has 4 aliphatic heterocycles. The van der Waals surface area contributed by atoms with Crippen molar-refractivity contribution in [2.75, 3.05) is 0 Å². The van der Waals surface area contributed by atoms with E-state index in [1.807, 2.05) is 0 Å². The first-order valence-electron chi connectivity index (χ1n) is 10.3. The maximum Gasteiger partial charge on any atom is 0.358 e. The Morgan fingerprint density at radius 1 is 0.528 bits per heavy atom. The summed E-state index contributed by atoms with van der Waals surface area (Å²) in [6, 6.07) is -4.95. The third kappa shape index (κ3) is 4.04. The third-order valence-corrected chi connectivity index (χ3v) is 5.40. The van der Waals surface area contributed by atoms with Gasteiger partial charge >= 0.3 is 11.9 Å². The summed E-state index contributed by atoms with van der Waals surface area (Å²) in [4.78, 5) is 134. The number of carbonyl (C=O) groups is 10. The van der Waals surface area contributed by atoms with Gasteiger partial charge in [-0.15, -0.1) is 10.1 Å². The number of hydrogen-bond acceptors (Lipinski definition) is 12. The molecule has 0 spiro atoms. The van der Waals surface area contributed by atoms with Crippen molar-refractivity contribution in [3.8, 4) is 0 Å². The van der Waals surface area contributed by atoms with E-state index in [1.54, 1.807) is 0 Å². The van der Waals surface area contributed by atoms with Gasteiger partial charge in [0.1, 0.15) is 0 Å². The molecule has 0 aliphatic carbocycles. The standard InChI is InChI=1S/C20H14N4O12/c25-9-1-2-10(26)21(9)17(19(33)35-23-13(29)5-6-14(23)30)18(22-11(27)3-4-12(22)28)20(34)36-24-15(31)7-8-16(24)32/h1-4,17-18H,5-8H2/t17-,18-/m0/s1. The van der Waals surface area contributed by atoms with E-state index < -0.39 is 71.3 Å². The minimum atomic E-state index is -2.48. The maximum atomic E-state index is 13.2. The Morgan fingerprint density at radius 2 is 0.778 bits per heavy atom. The molecule has 0 N–H and O–H groups in total. The highest BCUT2D eigenvalue weighted by Crippen LogP contribution is 2.25. The monoisotopic (exact) mass is 502 g/mol. The number of rotatable bonds is 7. The minimum absolute atomic E-state index is 0.0512. The predicted molar refractivity (Wildman–Crippen MR) is 104 cm³/mol. The van der Waals surface area contributed by atoms with Gasteiger partial charge in [-0.3, -0.25) is 48.2 Å². The number of hydroxylamine groups is 4. The molecule has 4 heterocycles. The van der Waals surface area contributed by atoms with Gasteiger partial charge in [-0.2, -0.15) is 0 Å². The second-order valence-corrected chi connectivity index (χ2v) is 7.63. The molecule has 0 aromatic rings. The van der Waals surface area contributed by atoms with Gasteiger partial charge in [0.15, 0.2) is 12.1 Å². The van der Waals surface area contributed by atoms with E-state index >= 15 is 0 Å². The van der Waals surface area contributed by atoms with Gasteiger partial charge in [-0.1, -0.05) is 0 Å². The molecule has 0 unspecified atom stereocenters. The fourth-order valence-corrected chi connectivity index (χ4v) is 3.73. The molecule has 186 valence electrons. The SMILES string of the molecule is O=C(ON1C(=O)CCC1=O)[C@H]([C@@H](C(=O)ON1C(=O)CCC1=O)N1C(=O)C=CC1=O)N1C(=O)C=CC1=O. The Labute approximate surface area is 199 Å². The van der Waals surface area contributed by atoms with E-state index in [1.165, 1.54) is 0 Å². The molecule has 2 saturated heterocycles. The summed E-state index contributed by atoms with van der Waals surface area (Å²) in [5.41, 5.74) is 0. The van der Waals surface area contributed by atoms with Crippen molar-refractivity contribution in [2.24, 2.45) is 0 Å². The van der Waals surface area contributed by atoms with Crippen LogP contribution >= 0.6 is 0 Å². The van der Waals surface area contributed by atoms with Crippen LogP contribution in [-0.2, 0) is 57.6 Å². The highest BCUT2D eigenvalue weighted by molar-refractivity contribution is 6.18. The van der Waals surface area contributed by atoms with E-state index in [4.69, 9.17) is 9.68 Å². The van der Waals surface area contributed by atoms with Crippen LogP contribution < -0.4 is 0 Å². The quantitative estimate of drug-likeness (QED) is 0.316. The molecule has 8 amide bonds. The lowest BCUT2D eigenvalue weighted by atomic mass is 10.0. The number of amides is 8. The van der Waals surface area contributed by atoms with Crippen molar-refractivity contribution in [3.05, 3.63) is 24.3 Å². The Hall–Kier alpha value is -5.02. The minimum Gasteiger partial charge on any atom is -0.328 e. The molecule has 0 aromatic carbocycles. The van der Waals surface area contributed by atoms with Crippen LogP contribution in [0.1, 0.15) is 25.7 Å². The molecular formula is C20H14N4O12. The number of hydrogen-bond donors (Lipinski definition) is 0. The highest BCUT2D eigenvalue weighted by atomic mass is 16.7. The molecule has 16 heteroatoms. The summed E-state index contributed by atoms with van der Waals surface area (Å²) in [5.74, 6) is -12.0. The molecule has 2 atom stereocenters. The lowest BCUT2D eigenvalue weighted by Crippen LogP contribution is -2.63. The van der Waals surface area contributed by atoms with Crippen molar-refractivity contribution >= 4 is 59.2 Å². The summed E-state index contributed by atoms with van der Waals surface area (Å²) < 4.78 is 0. The van der Waals surface area contributed by atoms with Gasteiger partial charge in [-0.05, 0) is 0 Å². The smallest absolute Gasteiger partial charge is 0.328 e. The van der Waals surface area contributed by atoms with Crippen LogP contribution in [0.3, 0.4) is 0 Å². The van der Waals surface area contributed by atoms with Crippen LogP contribution in [0, 0.1) is 0 Å². The Bertz CT molecular complexity index is 1070. The molecule has 4 aliphatic rings. The molecule has 4 rings (SSSR count). The zero-order valence-electron chi connectivity index (χ0n) is 18.0. The van der Waals surface area contributed by atoms with E-state index in [9.17, 15) is 47.9 Å². The lowest BCUT2D eigenvalue weighted by Gasteiger charge is -2.34.